The molecular weight excluding hydrogens is 568 g/mol. The topological polar surface area (TPSA) is 115 Å². The number of anilines is 2. The van der Waals surface area contributed by atoms with E-state index in [9.17, 15) is 22.0 Å². The Balaban J connectivity index is 1.30. The summed E-state index contributed by atoms with van der Waals surface area (Å²) in [6.45, 7) is 3.18. The molecule has 10 nitrogen and oxygen atoms in total. The van der Waals surface area contributed by atoms with Crippen LogP contribution in [0.3, 0.4) is 0 Å². The first-order valence-corrected chi connectivity index (χ1v) is 15.1. The molecule has 4 aromatic rings. The van der Waals surface area contributed by atoms with Crippen LogP contribution in [0.4, 0.5) is 20.2 Å². The van der Waals surface area contributed by atoms with Gasteiger partial charge in [0.25, 0.3) is 5.91 Å². The highest BCUT2D eigenvalue weighted by Gasteiger charge is 2.25. The maximum atomic E-state index is 13.7. The Morgan fingerprint density at radius 2 is 1.74 bits per heavy atom. The van der Waals surface area contributed by atoms with Crippen LogP contribution >= 0.6 is 0 Å². The predicted molar refractivity (Wildman–Crippen MR) is 152 cm³/mol. The molecular formula is C29H29F2N5O5S. The van der Waals surface area contributed by atoms with E-state index in [4.69, 9.17) is 9.47 Å². The van der Waals surface area contributed by atoms with Crippen LogP contribution in [0.15, 0.2) is 70.6 Å². The van der Waals surface area contributed by atoms with E-state index >= 15 is 0 Å². The summed E-state index contributed by atoms with van der Waals surface area (Å²) in [5.41, 5.74) is 5.13. The maximum absolute atomic E-state index is 13.7. The van der Waals surface area contributed by atoms with Crippen molar-refractivity contribution in [3.05, 3.63) is 78.0 Å². The molecule has 2 fully saturated rings. The average molecular weight is 598 g/mol. The minimum absolute atomic E-state index is 0.164. The third kappa shape index (κ3) is 5.67. The van der Waals surface area contributed by atoms with Crippen molar-refractivity contribution in [1.82, 2.24) is 9.89 Å². The Kier molecular flexibility index (Phi) is 7.80. The van der Waals surface area contributed by atoms with Crippen molar-refractivity contribution in [2.75, 3.05) is 48.6 Å². The number of amides is 1. The number of carbonyl (C=O) groups is 1. The zero-order valence-corrected chi connectivity index (χ0v) is 23.4. The molecule has 1 unspecified atom stereocenters. The van der Waals surface area contributed by atoms with E-state index in [0.717, 1.165) is 37.1 Å². The molecule has 2 N–H and O–H groups in total. The fourth-order valence-electron chi connectivity index (χ4n) is 5.21. The van der Waals surface area contributed by atoms with Gasteiger partial charge in [-0.1, -0.05) is 6.07 Å². The minimum Gasteiger partial charge on any atom is -0.378 e. The van der Waals surface area contributed by atoms with Crippen LogP contribution < -0.4 is 15.6 Å². The number of halogens is 2. The molecule has 0 saturated carbocycles. The first-order chi connectivity index (χ1) is 20.3. The van der Waals surface area contributed by atoms with Crippen molar-refractivity contribution < 1.29 is 31.5 Å². The van der Waals surface area contributed by atoms with Gasteiger partial charge in [0, 0.05) is 31.1 Å². The lowest BCUT2D eigenvalue weighted by Gasteiger charge is -2.33. The van der Waals surface area contributed by atoms with E-state index in [1.807, 2.05) is 12.1 Å². The highest BCUT2D eigenvalue weighted by Crippen LogP contribution is 2.33. The Morgan fingerprint density at radius 1 is 0.952 bits per heavy atom. The standard InChI is InChI=1S/C29H29F2N5O5S/c30-20-15-21(31)17-23(16-20)42(38,39)22-7-8-25-19(14-22)18-32-36(25)34-29(37)24-4-3-5-26(35-9-12-40-13-10-35)28(24)33-27-6-1-2-11-41-27/h3-5,7-8,14-18,27,33H,1-2,6,9-13H2,(H,34,37). The molecule has 42 heavy (non-hydrogen) atoms. The van der Waals surface area contributed by atoms with E-state index in [1.165, 1.54) is 29.2 Å². The van der Waals surface area contributed by atoms with Crippen molar-refractivity contribution in [3.63, 3.8) is 0 Å². The zero-order valence-electron chi connectivity index (χ0n) is 22.6. The number of ether oxygens (including phenoxy) is 2. The first kappa shape index (κ1) is 28.1. The van der Waals surface area contributed by atoms with Crippen molar-refractivity contribution in [2.24, 2.45) is 0 Å². The molecule has 0 bridgehead atoms. The van der Waals surface area contributed by atoms with Crippen LogP contribution in [0.5, 0.6) is 0 Å². The summed E-state index contributed by atoms with van der Waals surface area (Å²) < 4.78 is 64.9. The molecule has 0 spiro atoms. The van der Waals surface area contributed by atoms with Gasteiger partial charge in [0.1, 0.15) is 17.9 Å². The molecule has 3 heterocycles. The lowest BCUT2D eigenvalue weighted by Crippen LogP contribution is -2.38. The van der Waals surface area contributed by atoms with Crippen molar-refractivity contribution in [1.29, 1.82) is 0 Å². The Hall–Kier alpha value is -4.07. The van der Waals surface area contributed by atoms with E-state index in [1.54, 1.807) is 6.07 Å². The van der Waals surface area contributed by atoms with Crippen LogP contribution in [0.25, 0.3) is 10.9 Å². The predicted octanol–water partition coefficient (Wildman–Crippen LogP) is 4.31. The van der Waals surface area contributed by atoms with Crippen LogP contribution in [-0.2, 0) is 19.3 Å². The van der Waals surface area contributed by atoms with Gasteiger partial charge < -0.3 is 19.7 Å². The molecule has 0 radical (unpaired) electrons. The van der Waals surface area contributed by atoms with Crippen molar-refractivity contribution in [3.8, 4) is 0 Å². The Morgan fingerprint density at radius 3 is 2.48 bits per heavy atom. The van der Waals surface area contributed by atoms with Gasteiger partial charge in [0.15, 0.2) is 0 Å². The molecule has 3 aromatic carbocycles. The van der Waals surface area contributed by atoms with Gasteiger partial charge in [-0.25, -0.2) is 22.6 Å². The minimum atomic E-state index is -4.21. The number of nitrogens with zero attached hydrogens (tertiary/aromatic N) is 3. The summed E-state index contributed by atoms with van der Waals surface area (Å²) in [7, 11) is -4.21. The number of hydrogen-bond acceptors (Lipinski definition) is 8. The number of fused-ring (bicyclic) bond motifs is 1. The van der Waals surface area contributed by atoms with Crippen LogP contribution in [0, 0.1) is 11.6 Å². The Bertz CT molecular complexity index is 1710. The molecule has 1 amide bonds. The smallest absolute Gasteiger partial charge is 0.273 e. The third-order valence-corrected chi connectivity index (χ3v) is 9.06. The molecule has 2 aliphatic heterocycles. The molecule has 220 valence electrons. The van der Waals surface area contributed by atoms with Gasteiger partial charge >= 0.3 is 0 Å². The number of aromatic nitrogens is 2. The molecule has 6 rings (SSSR count). The number of hydrogen-bond donors (Lipinski definition) is 2. The highest BCUT2D eigenvalue weighted by molar-refractivity contribution is 7.91. The van der Waals surface area contributed by atoms with Crippen molar-refractivity contribution in [2.45, 2.75) is 35.3 Å². The number of morpholine rings is 1. The lowest BCUT2D eigenvalue weighted by molar-refractivity contribution is 0.0343. The second-order valence-corrected chi connectivity index (χ2v) is 12.1. The molecule has 2 saturated heterocycles. The molecule has 1 aromatic heterocycles. The normalized spacial score (nSPS) is 17.8. The second kappa shape index (κ2) is 11.7. The summed E-state index contributed by atoms with van der Waals surface area (Å²) >= 11 is 0. The van der Waals surface area contributed by atoms with E-state index in [2.05, 4.69) is 20.7 Å². The highest BCUT2D eigenvalue weighted by atomic mass is 32.2. The first-order valence-electron chi connectivity index (χ1n) is 13.6. The van der Waals surface area contributed by atoms with Crippen LogP contribution in [-0.4, -0.2) is 63.4 Å². The van der Waals surface area contributed by atoms with Crippen molar-refractivity contribution >= 4 is 38.0 Å². The van der Waals surface area contributed by atoms with Gasteiger partial charge in [0.05, 0.1) is 51.7 Å². The number of nitrogens with one attached hydrogen (secondary N) is 2. The SMILES string of the molecule is O=C(Nn1ncc2cc(S(=O)(=O)c3cc(F)cc(F)c3)ccc21)c1cccc(N2CCOCC2)c1NC1CCCCO1. The van der Waals surface area contributed by atoms with Gasteiger partial charge in [0.2, 0.25) is 9.84 Å². The lowest BCUT2D eigenvalue weighted by atomic mass is 10.1. The molecule has 13 heteroatoms. The fourth-order valence-corrected chi connectivity index (χ4v) is 6.54. The monoisotopic (exact) mass is 597 g/mol. The summed E-state index contributed by atoms with van der Waals surface area (Å²) in [5.74, 6) is -2.42. The summed E-state index contributed by atoms with van der Waals surface area (Å²) in [5, 5.41) is 8.09. The van der Waals surface area contributed by atoms with Gasteiger partial charge in [-0.3, -0.25) is 4.79 Å². The number of sulfone groups is 1. The maximum Gasteiger partial charge on any atom is 0.273 e. The van der Waals surface area contributed by atoms with Crippen LogP contribution in [0.1, 0.15) is 29.6 Å². The van der Waals surface area contributed by atoms with E-state index < -0.39 is 32.3 Å². The quantitative estimate of drug-likeness (QED) is 0.324. The number of carbonyl (C=O) groups excluding carboxylic acids is 1. The largest absolute Gasteiger partial charge is 0.378 e. The van der Waals surface area contributed by atoms with Gasteiger partial charge in [-0.2, -0.15) is 9.89 Å². The molecule has 1 atom stereocenters. The second-order valence-electron chi connectivity index (χ2n) is 10.1. The number of para-hydroxylation sites is 1. The van der Waals surface area contributed by atoms with E-state index in [0.29, 0.717) is 61.1 Å². The molecule has 0 aliphatic carbocycles. The average Bonchev–Trinajstić information content (AvgIpc) is 3.39. The Labute approximate surface area is 241 Å². The van der Waals surface area contributed by atoms with Crippen LogP contribution in [0.2, 0.25) is 0 Å². The number of benzene rings is 3. The van der Waals surface area contributed by atoms with Gasteiger partial charge in [-0.15, -0.1) is 0 Å². The zero-order chi connectivity index (χ0) is 29.3. The summed E-state index contributed by atoms with van der Waals surface area (Å²) in [6, 6.07) is 11.8. The fraction of sp³-hybridized carbons (Fsp3) is 0.310. The summed E-state index contributed by atoms with van der Waals surface area (Å²) in [6.07, 6.45) is 4.00. The van der Waals surface area contributed by atoms with E-state index in [-0.39, 0.29) is 11.1 Å². The summed E-state index contributed by atoms with van der Waals surface area (Å²) in [4.78, 5) is 16.4. The number of rotatable bonds is 7. The van der Waals surface area contributed by atoms with Gasteiger partial charge in [-0.05, 0) is 61.7 Å². The molecule has 2 aliphatic rings. The third-order valence-electron chi connectivity index (χ3n) is 7.33.